The first-order chi connectivity index (χ1) is 12.3. The van der Waals surface area contributed by atoms with Crippen molar-refractivity contribution >= 4 is 17.7 Å². The van der Waals surface area contributed by atoms with Crippen LogP contribution in [0.3, 0.4) is 0 Å². The van der Waals surface area contributed by atoms with Crippen LogP contribution in [0, 0.1) is 0 Å². The van der Waals surface area contributed by atoms with Crippen LogP contribution in [0.4, 0.5) is 0 Å². The molecule has 3 rings (SSSR count). The molecule has 1 spiro atoms. The van der Waals surface area contributed by atoms with E-state index in [0.717, 1.165) is 11.3 Å². The van der Waals surface area contributed by atoms with Gasteiger partial charge in [0, 0.05) is 32.3 Å². The smallest absolute Gasteiger partial charge is 0.284 e. The summed E-state index contributed by atoms with van der Waals surface area (Å²) in [5, 5.41) is 13.7. The number of aliphatic hydroxyl groups is 1. The Hall–Kier alpha value is -2.55. The van der Waals surface area contributed by atoms with Gasteiger partial charge in [0.2, 0.25) is 17.6 Å². The average molecular weight is 361 g/mol. The Morgan fingerprint density at radius 2 is 2.08 bits per heavy atom. The zero-order valence-electron chi connectivity index (χ0n) is 14.9. The van der Waals surface area contributed by atoms with Crippen molar-refractivity contribution in [2.75, 3.05) is 13.1 Å². The monoisotopic (exact) mass is 361 g/mol. The van der Waals surface area contributed by atoms with Gasteiger partial charge in [-0.25, -0.2) is 9.97 Å². The molecular formula is C17H23N5O4. The number of nitrogens with zero attached hydrogens (tertiary/aromatic N) is 4. The number of β-lactam (4-membered cyclic amide) rings is 1. The number of amides is 3. The van der Waals surface area contributed by atoms with E-state index in [1.807, 2.05) is 6.92 Å². The number of carbonyl (C=O) groups is 3. The van der Waals surface area contributed by atoms with Crippen LogP contribution in [0.15, 0.2) is 18.5 Å². The molecule has 26 heavy (non-hydrogen) atoms. The molecule has 2 aliphatic heterocycles. The van der Waals surface area contributed by atoms with Crippen molar-refractivity contribution in [1.29, 1.82) is 0 Å². The lowest BCUT2D eigenvalue weighted by Crippen LogP contribution is -2.79. The van der Waals surface area contributed by atoms with E-state index in [1.54, 1.807) is 11.0 Å². The second-order valence-corrected chi connectivity index (χ2v) is 6.74. The maximum atomic E-state index is 13.0. The molecule has 2 unspecified atom stereocenters. The van der Waals surface area contributed by atoms with Crippen LogP contribution < -0.4 is 5.32 Å². The molecule has 140 valence electrons. The molecule has 1 aromatic heterocycles. The highest BCUT2D eigenvalue weighted by Crippen LogP contribution is 2.43. The summed E-state index contributed by atoms with van der Waals surface area (Å²) in [7, 11) is 0. The molecule has 2 atom stereocenters. The number of carbonyl (C=O) groups excluding carboxylic acids is 3. The standard InChI is InChI=1S/C17H23N5O4/c1-3-6-13(24)20-17(26,14-18-8-5-9-19-14)22-11-16(15(22)25)7-4-10-21(16)12(2)23/h5,8-9,26H,3-4,6-7,10-11H2,1-2H3,(H,20,24). The van der Waals surface area contributed by atoms with E-state index in [2.05, 4.69) is 15.3 Å². The van der Waals surface area contributed by atoms with E-state index in [1.165, 1.54) is 19.3 Å². The molecule has 3 amide bonds. The van der Waals surface area contributed by atoms with Crippen molar-refractivity contribution in [3.63, 3.8) is 0 Å². The van der Waals surface area contributed by atoms with Gasteiger partial charge in [-0.15, -0.1) is 0 Å². The number of rotatable bonds is 5. The third-order valence-electron chi connectivity index (χ3n) is 4.99. The van der Waals surface area contributed by atoms with Crippen molar-refractivity contribution < 1.29 is 19.5 Å². The number of hydrogen-bond donors (Lipinski definition) is 2. The molecule has 0 radical (unpaired) electrons. The quantitative estimate of drug-likeness (QED) is 0.550. The third kappa shape index (κ3) is 2.72. The fourth-order valence-electron chi connectivity index (χ4n) is 3.75. The van der Waals surface area contributed by atoms with Crippen molar-refractivity contribution in [2.45, 2.75) is 50.9 Å². The summed E-state index contributed by atoms with van der Waals surface area (Å²) in [4.78, 5) is 47.8. The predicted octanol–water partition coefficient (Wildman–Crippen LogP) is -0.281. The lowest BCUT2D eigenvalue weighted by molar-refractivity contribution is -0.218. The van der Waals surface area contributed by atoms with Crippen LogP contribution in [-0.4, -0.2) is 61.2 Å². The Morgan fingerprint density at radius 3 is 2.65 bits per heavy atom. The number of aromatic nitrogens is 2. The second kappa shape index (κ2) is 6.64. The summed E-state index contributed by atoms with van der Waals surface area (Å²) in [5.74, 6) is -3.21. The van der Waals surface area contributed by atoms with E-state index in [-0.39, 0.29) is 24.7 Å². The summed E-state index contributed by atoms with van der Waals surface area (Å²) in [6.07, 6.45) is 4.90. The normalized spacial score (nSPS) is 24.3. The number of likely N-dealkylation sites (tertiary alicyclic amines) is 2. The second-order valence-electron chi connectivity index (χ2n) is 6.74. The molecule has 2 aliphatic rings. The van der Waals surface area contributed by atoms with E-state index in [4.69, 9.17) is 0 Å². The minimum absolute atomic E-state index is 0.0833. The Morgan fingerprint density at radius 1 is 1.38 bits per heavy atom. The van der Waals surface area contributed by atoms with Crippen molar-refractivity contribution in [3.8, 4) is 0 Å². The Bertz CT molecular complexity index is 727. The van der Waals surface area contributed by atoms with Crippen LogP contribution in [-0.2, 0) is 20.2 Å². The van der Waals surface area contributed by atoms with E-state index in [0.29, 0.717) is 19.4 Å². The molecular weight excluding hydrogens is 338 g/mol. The van der Waals surface area contributed by atoms with Crippen molar-refractivity contribution in [2.24, 2.45) is 0 Å². The molecule has 2 saturated heterocycles. The average Bonchev–Trinajstić information content (AvgIpc) is 3.07. The van der Waals surface area contributed by atoms with Crippen LogP contribution in [0.5, 0.6) is 0 Å². The van der Waals surface area contributed by atoms with Gasteiger partial charge in [0.15, 0.2) is 0 Å². The highest BCUT2D eigenvalue weighted by atomic mass is 16.3. The fraction of sp³-hybridized carbons (Fsp3) is 0.588. The zero-order chi connectivity index (χ0) is 18.9. The lowest BCUT2D eigenvalue weighted by Gasteiger charge is -2.55. The third-order valence-corrected chi connectivity index (χ3v) is 4.99. The molecule has 0 aliphatic carbocycles. The summed E-state index contributed by atoms with van der Waals surface area (Å²) in [6.45, 7) is 3.90. The summed E-state index contributed by atoms with van der Waals surface area (Å²) in [5.41, 5.74) is -0.940. The highest BCUT2D eigenvalue weighted by Gasteiger charge is 2.65. The van der Waals surface area contributed by atoms with Crippen molar-refractivity contribution in [1.82, 2.24) is 25.1 Å². The van der Waals surface area contributed by atoms with Gasteiger partial charge in [0.05, 0.1) is 6.54 Å². The predicted molar refractivity (Wildman–Crippen MR) is 90.0 cm³/mol. The Labute approximate surface area is 151 Å². The number of nitrogens with one attached hydrogen (secondary N) is 1. The van der Waals surface area contributed by atoms with Gasteiger partial charge in [0.25, 0.3) is 11.8 Å². The summed E-state index contributed by atoms with van der Waals surface area (Å²) in [6, 6.07) is 1.58. The molecule has 9 heteroatoms. The Kier molecular flexibility index (Phi) is 4.66. The van der Waals surface area contributed by atoms with E-state index in [9.17, 15) is 19.5 Å². The Balaban J connectivity index is 1.91. The zero-order valence-corrected chi connectivity index (χ0v) is 14.9. The number of hydrogen-bond acceptors (Lipinski definition) is 6. The maximum Gasteiger partial charge on any atom is 0.284 e. The first kappa shape index (κ1) is 18.2. The van der Waals surface area contributed by atoms with Crippen LogP contribution >= 0.6 is 0 Å². The largest absolute Gasteiger partial charge is 0.348 e. The van der Waals surface area contributed by atoms with Gasteiger partial charge in [-0.2, -0.15) is 0 Å². The molecule has 2 fully saturated rings. The molecule has 1 aromatic rings. The SMILES string of the molecule is CCCC(=O)NC(O)(c1ncccn1)N1CC2(CCCN2C(C)=O)C1=O. The topological polar surface area (TPSA) is 116 Å². The molecule has 0 aromatic carbocycles. The van der Waals surface area contributed by atoms with E-state index >= 15 is 0 Å². The van der Waals surface area contributed by atoms with Crippen LogP contribution in [0.2, 0.25) is 0 Å². The van der Waals surface area contributed by atoms with Gasteiger partial charge in [-0.1, -0.05) is 6.92 Å². The van der Waals surface area contributed by atoms with Crippen LogP contribution in [0.1, 0.15) is 45.4 Å². The minimum atomic E-state index is -2.14. The minimum Gasteiger partial charge on any atom is -0.348 e. The molecule has 0 saturated carbocycles. The van der Waals surface area contributed by atoms with Gasteiger partial charge < -0.3 is 15.3 Å². The van der Waals surface area contributed by atoms with Gasteiger partial charge in [-0.3, -0.25) is 19.3 Å². The summed E-state index contributed by atoms with van der Waals surface area (Å²) >= 11 is 0. The van der Waals surface area contributed by atoms with Crippen molar-refractivity contribution in [3.05, 3.63) is 24.3 Å². The van der Waals surface area contributed by atoms with E-state index < -0.39 is 23.2 Å². The molecule has 2 N–H and O–H groups in total. The molecule has 3 heterocycles. The molecule has 0 bridgehead atoms. The van der Waals surface area contributed by atoms with Gasteiger partial charge >= 0.3 is 0 Å². The van der Waals surface area contributed by atoms with Crippen LogP contribution in [0.25, 0.3) is 0 Å². The first-order valence-corrected chi connectivity index (χ1v) is 8.76. The lowest BCUT2D eigenvalue weighted by atomic mass is 9.84. The first-order valence-electron chi connectivity index (χ1n) is 8.76. The molecule has 9 nitrogen and oxygen atoms in total. The highest BCUT2D eigenvalue weighted by molar-refractivity contribution is 5.97. The maximum absolute atomic E-state index is 13.0. The van der Waals surface area contributed by atoms with Gasteiger partial charge in [0.1, 0.15) is 5.54 Å². The fourth-order valence-corrected chi connectivity index (χ4v) is 3.75. The van der Waals surface area contributed by atoms with Gasteiger partial charge in [-0.05, 0) is 25.3 Å². The summed E-state index contributed by atoms with van der Waals surface area (Å²) < 4.78 is 0.